The molecule has 0 saturated heterocycles. The number of nitrogens with zero attached hydrogens (tertiary/aromatic N) is 1. The predicted molar refractivity (Wildman–Crippen MR) is 119 cm³/mol. The van der Waals surface area contributed by atoms with Gasteiger partial charge < -0.3 is 15.1 Å². The Morgan fingerprint density at radius 3 is 2.59 bits per heavy atom. The van der Waals surface area contributed by atoms with E-state index in [1.807, 2.05) is 60.7 Å². The van der Waals surface area contributed by atoms with Crippen LogP contribution in [0.3, 0.4) is 0 Å². The molecule has 4 aromatic rings. The normalized spacial score (nSPS) is 10.7. The summed E-state index contributed by atoms with van der Waals surface area (Å²) in [5.74, 6) is 0.268. The number of thiocarbonyl (C=S) groups is 1. The molecule has 0 unspecified atom stereocenters. The Morgan fingerprint density at radius 2 is 1.79 bits per heavy atom. The second-order valence-electron chi connectivity index (χ2n) is 6.35. The van der Waals surface area contributed by atoms with E-state index in [-0.39, 0.29) is 17.4 Å². The summed E-state index contributed by atoms with van der Waals surface area (Å²) < 4.78 is 5.80. The minimum Gasteiger partial charge on any atom is -0.436 e. The van der Waals surface area contributed by atoms with Gasteiger partial charge in [0.1, 0.15) is 5.52 Å². The van der Waals surface area contributed by atoms with Crippen molar-refractivity contribution in [1.29, 1.82) is 0 Å². The van der Waals surface area contributed by atoms with Gasteiger partial charge in [-0.05, 0) is 48.1 Å². The number of fused-ring (bicyclic) bond motifs is 1. The van der Waals surface area contributed by atoms with E-state index in [0.29, 0.717) is 22.2 Å². The van der Waals surface area contributed by atoms with Crippen LogP contribution in [0.15, 0.2) is 77.2 Å². The Morgan fingerprint density at radius 1 is 1.03 bits per heavy atom. The third kappa shape index (κ3) is 4.62. The van der Waals surface area contributed by atoms with Crippen molar-refractivity contribution < 1.29 is 9.21 Å². The summed E-state index contributed by atoms with van der Waals surface area (Å²) in [6.07, 6.45) is 0.235. The first-order valence-corrected chi connectivity index (χ1v) is 9.67. The molecule has 7 heteroatoms. The molecular formula is C22H16ClN3O2S. The summed E-state index contributed by atoms with van der Waals surface area (Å²) in [5.41, 5.74) is 3.68. The second-order valence-corrected chi connectivity index (χ2v) is 7.16. The SMILES string of the molecule is O=C(Cc1ccccc1)NC(=S)Nc1cc(-c2nc3ccccc3o2)ccc1Cl. The van der Waals surface area contributed by atoms with Crippen LogP contribution < -0.4 is 10.6 Å². The highest BCUT2D eigenvalue weighted by atomic mass is 35.5. The van der Waals surface area contributed by atoms with Crippen LogP contribution in [0.25, 0.3) is 22.6 Å². The molecule has 2 N–H and O–H groups in total. The first kappa shape index (κ1) is 19.1. The number of para-hydroxylation sites is 2. The number of nitrogens with one attached hydrogen (secondary N) is 2. The molecule has 29 heavy (non-hydrogen) atoms. The number of amides is 1. The smallest absolute Gasteiger partial charge is 0.230 e. The van der Waals surface area contributed by atoms with Gasteiger partial charge in [-0.1, -0.05) is 54.1 Å². The first-order chi connectivity index (χ1) is 14.1. The number of hydrogen-bond acceptors (Lipinski definition) is 4. The molecule has 1 aromatic heterocycles. The van der Waals surface area contributed by atoms with E-state index < -0.39 is 0 Å². The standard InChI is InChI=1S/C22H16ClN3O2S/c23-16-11-10-15(21-24-17-8-4-5-9-19(17)28-21)13-18(16)25-22(29)26-20(27)12-14-6-2-1-3-7-14/h1-11,13H,12H2,(H2,25,26,27,29). The van der Waals surface area contributed by atoms with E-state index >= 15 is 0 Å². The fourth-order valence-corrected chi connectivity index (χ4v) is 3.24. The van der Waals surface area contributed by atoms with Crippen LogP contribution in [0, 0.1) is 0 Å². The van der Waals surface area contributed by atoms with E-state index in [1.54, 1.807) is 12.1 Å². The Labute approximate surface area is 177 Å². The lowest BCUT2D eigenvalue weighted by Gasteiger charge is -2.12. The van der Waals surface area contributed by atoms with Crippen molar-refractivity contribution in [1.82, 2.24) is 10.3 Å². The number of anilines is 1. The summed E-state index contributed by atoms with van der Waals surface area (Å²) in [6.45, 7) is 0. The second kappa shape index (κ2) is 8.43. The molecule has 0 aliphatic rings. The molecule has 0 atom stereocenters. The lowest BCUT2D eigenvalue weighted by Crippen LogP contribution is -2.35. The number of benzene rings is 3. The van der Waals surface area contributed by atoms with Crippen molar-refractivity contribution in [2.45, 2.75) is 6.42 Å². The molecule has 0 radical (unpaired) electrons. The number of carbonyl (C=O) groups excluding carboxylic acids is 1. The van der Waals surface area contributed by atoms with Gasteiger partial charge in [0.2, 0.25) is 11.8 Å². The van der Waals surface area contributed by atoms with E-state index in [4.69, 9.17) is 28.2 Å². The summed E-state index contributed by atoms with van der Waals surface area (Å²) in [4.78, 5) is 16.7. The average molecular weight is 422 g/mol. The zero-order valence-electron chi connectivity index (χ0n) is 15.2. The van der Waals surface area contributed by atoms with E-state index in [0.717, 1.165) is 16.6 Å². The fraction of sp³-hybridized carbons (Fsp3) is 0.0455. The van der Waals surface area contributed by atoms with Crippen molar-refractivity contribution in [2.75, 3.05) is 5.32 Å². The van der Waals surface area contributed by atoms with Crippen LogP contribution in [0.4, 0.5) is 5.69 Å². The molecule has 0 fully saturated rings. The van der Waals surface area contributed by atoms with Crippen LogP contribution in [0.5, 0.6) is 0 Å². The van der Waals surface area contributed by atoms with Gasteiger partial charge in [0, 0.05) is 5.56 Å². The van der Waals surface area contributed by atoms with Gasteiger partial charge in [-0.3, -0.25) is 4.79 Å². The molecule has 0 spiro atoms. The minimum absolute atomic E-state index is 0.169. The van der Waals surface area contributed by atoms with Crippen molar-refractivity contribution in [3.8, 4) is 11.5 Å². The molecule has 1 heterocycles. The van der Waals surface area contributed by atoms with Gasteiger partial charge in [-0.15, -0.1) is 0 Å². The lowest BCUT2D eigenvalue weighted by molar-refractivity contribution is -0.119. The molecule has 0 bridgehead atoms. The minimum atomic E-state index is -0.208. The van der Waals surface area contributed by atoms with E-state index in [2.05, 4.69) is 15.6 Å². The van der Waals surface area contributed by atoms with Crippen LogP contribution >= 0.6 is 23.8 Å². The summed E-state index contributed by atoms with van der Waals surface area (Å²) in [5, 5.41) is 6.27. The van der Waals surface area contributed by atoms with E-state index in [9.17, 15) is 4.79 Å². The summed E-state index contributed by atoms with van der Waals surface area (Å²) in [7, 11) is 0. The zero-order valence-corrected chi connectivity index (χ0v) is 16.8. The van der Waals surface area contributed by atoms with E-state index in [1.165, 1.54) is 0 Å². The van der Waals surface area contributed by atoms with Gasteiger partial charge in [0.25, 0.3) is 0 Å². The van der Waals surface area contributed by atoms with Gasteiger partial charge in [-0.2, -0.15) is 0 Å². The number of halogens is 1. The Hall–Kier alpha value is -3.22. The van der Waals surface area contributed by atoms with Crippen LogP contribution in [0.2, 0.25) is 5.02 Å². The topological polar surface area (TPSA) is 67.2 Å². The van der Waals surface area contributed by atoms with Gasteiger partial charge >= 0.3 is 0 Å². The predicted octanol–water partition coefficient (Wildman–Crippen LogP) is 5.20. The number of carbonyl (C=O) groups is 1. The van der Waals surface area contributed by atoms with Crippen LogP contribution in [0.1, 0.15) is 5.56 Å². The average Bonchev–Trinajstić information content (AvgIpc) is 3.14. The largest absolute Gasteiger partial charge is 0.436 e. The highest BCUT2D eigenvalue weighted by Gasteiger charge is 2.12. The van der Waals surface area contributed by atoms with Crippen LogP contribution in [-0.4, -0.2) is 16.0 Å². The van der Waals surface area contributed by atoms with Crippen molar-refractivity contribution in [3.63, 3.8) is 0 Å². The third-order valence-electron chi connectivity index (χ3n) is 4.22. The van der Waals surface area contributed by atoms with Crippen molar-refractivity contribution in [2.24, 2.45) is 0 Å². The van der Waals surface area contributed by atoms with Gasteiger partial charge in [-0.25, -0.2) is 4.98 Å². The molecule has 3 aromatic carbocycles. The summed E-state index contributed by atoms with van der Waals surface area (Å²) in [6, 6.07) is 22.3. The lowest BCUT2D eigenvalue weighted by atomic mass is 10.1. The number of rotatable bonds is 4. The maximum atomic E-state index is 12.2. The molecule has 0 aliphatic carbocycles. The maximum Gasteiger partial charge on any atom is 0.230 e. The molecule has 144 valence electrons. The zero-order chi connectivity index (χ0) is 20.2. The molecule has 0 saturated carbocycles. The number of hydrogen-bond donors (Lipinski definition) is 2. The van der Waals surface area contributed by atoms with Gasteiger partial charge in [0.05, 0.1) is 17.1 Å². The molecule has 0 aliphatic heterocycles. The highest BCUT2D eigenvalue weighted by molar-refractivity contribution is 7.80. The Bertz CT molecular complexity index is 1160. The Kier molecular flexibility index (Phi) is 5.55. The Balaban J connectivity index is 1.47. The first-order valence-electron chi connectivity index (χ1n) is 8.89. The number of oxazole rings is 1. The molecule has 4 rings (SSSR count). The van der Waals surface area contributed by atoms with Gasteiger partial charge in [0.15, 0.2) is 10.7 Å². The molecular weight excluding hydrogens is 406 g/mol. The highest BCUT2D eigenvalue weighted by Crippen LogP contribution is 2.30. The van der Waals surface area contributed by atoms with Crippen molar-refractivity contribution in [3.05, 3.63) is 83.4 Å². The quantitative estimate of drug-likeness (QED) is 0.443. The third-order valence-corrected chi connectivity index (χ3v) is 4.75. The molecule has 5 nitrogen and oxygen atoms in total. The van der Waals surface area contributed by atoms with Crippen molar-refractivity contribution >= 4 is 51.6 Å². The fourth-order valence-electron chi connectivity index (χ4n) is 2.86. The molecule has 1 amide bonds. The van der Waals surface area contributed by atoms with Crippen LogP contribution in [-0.2, 0) is 11.2 Å². The number of aromatic nitrogens is 1. The monoisotopic (exact) mass is 421 g/mol. The maximum absolute atomic E-state index is 12.2. The summed E-state index contributed by atoms with van der Waals surface area (Å²) >= 11 is 11.5.